The highest BCUT2D eigenvalue weighted by atomic mass is 35.5. The Morgan fingerprint density at radius 2 is 1.71 bits per heavy atom. The standard InChI is InChI=1S/C42H47ClN10O5/c1-41(2)38(42(3,4)39(41)58-30-7-5-26(19-44)32(43)18-30)49-35(55)28-20-45-40(46-21-28)52-12-11-25(24-52)23-50-13-15-51(16-14-50)29-6-8-31-27(17-29)22-47-53(37(31)57)33-9-10-34(54)48-36(33)56/h5-8,17-18,20-22,25,33,38-39H,9-16,23-24H2,1-4H3,(H,49,55)(H,48,54,56)/t25?,33-,38?,39?/m0/s1. The number of piperazine rings is 1. The van der Waals surface area contributed by atoms with Gasteiger partial charge in [0.1, 0.15) is 24.0 Å². The number of carbonyl (C=O) groups excluding carboxylic acids is 3. The molecule has 4 aromatic rings. The number of fused-ring (bicyclic) bond motifs is 1. The number of rotatable bonds is 9. The highest BCUT2D eigenvalue weighted by molar-refractivity contribution is 6.31. The van der Waals surface area contributed by atoms with E-state index in [-0.39, 0.29) is 53.2 Å². The predicted octanol–water partition coefficient (Wildman–Crippen LogP) is 3.95. The van der Waals surface area contributed by atoms with Crippen LogP contribution in [0.1, 0.15) is 68.9 Å². The number of benzene rings is 2. The molecular weight excluding hydrogens is 760 g/mol. The average molecular weight is 807 g/mol. The predicted molar refractivity (Wildman–Crippen MR) is 218 cm³/mol. The second-order valence-corrected chi connectivity index (χ2v) is 17.5. The van der Waals surface area contributed by atoms with Gasteiger partial charge in [-0.25, -0.2) is 14.6 Å². The van der Waals surface area contributed by atoms with Gasteiger partial charge in [0.15, 0.2) is 0 Å². The van der Waals surface area contributed by atoms with Crippen molar-refractivity contribution in [2.45, 2.75) is 65.1 Å². The van der Waals surface area contributed by atoms with Gasteiger partial charge in [-0.1, -0.05) is 39.3 Å². The zero-order valence-corrected chi connectivity index (χ0v) is 33.8. The van der Waals surface area contributed by atoms with Gasteiger partial charge >= 0.3 is 0 Å². The summed E-state index contributed by atoms with van der Waals surface area (Å²) < 4.78 is 7.55. The third kappa shape index (κ3) is 7.35. The van der Waals surface area contributed by atoms with Crippen LogP contribution in [0.5, 0.6) is 5.75 Å². The molecule has 16 heteroatoms. The van der Waals surface area contributed by atoms with E-state index in [4.69, 9.17) is 16.3 Å². The number of anilines is 2. The minimum Gasteiger partial charge on any atom is -0.489 e. The maximum Gasteiger partial charge on any atom is 0.275 e. The number of piperidine rings is 1. The fourth-order valence-electron chi connectivity index (χ4n) is 9.62. The third-order valence-electron chi connectivity index (χ3n) is 12.5. The summed E-state index contributed by atoms with van der Waals surface area (Å²) in [4.78, 5) is 66.8. The number of amides is 3. The maximum atomic E-state index is 13.4. The van der Waals surface area contributed by atoms with Crippen molar-refractivity contribution in [3.05, 3.63) is 81.5 Å². The molecule has 0 radical (unpaired) electrons. The molecule has 302 valence electrons. The molecule has 1 unspecified atom stereocenters. The minimum atomic E-state index is -0.792. The molecule has 1 saturated carbocycles. The molecule has 4 aliphatic rings. The molecule has 2 atom stereocenters. The lowest BCUT2D eigenvalue weighted by Crippen LogP contribution is -2.74. The fourth-order valence-corrected chi connectivity index (χ4v) is 9.83. The van der Waals surface area contributed by atoms with Gasteiger partial charge in [0.25, 0.3) is 17.4 Å². The molecule has 58 heavy (non-hydrogen) atoms. The number of ether oxygens (including phenoxy) is 1. The molecule has 2 N–H and O–H groups in total. The van der Waals surface area contributed by atoms with E-state index in [1.54, 1.807) is 42.9 Å². The number of nitriles is 1. The lowest BCUT2D eigenvalue weighted by atomic mass is 9.49. The zero-order chi connectivity index (χ0) is 40.9. The summed E-state index contributed by atoms with van der Waals surface area (Å²) in [6.45, 7) is 14.5. The van der Waals surface area contributed by atoms with E-state index < -0.39 is 11.9 Å². The first-order chi connectivity index (χ1) is 27.7. The largest absolute Gasteiger partial charge is 0.489 e. The van der Waals surface area contributed by atoms with Crippen LogP contribution < -0.4 is 30.7 Å². The molecule has 0 bridgehead atoms. The quantitative estimate of drug-likeness (QED) is 0.233. The first kappa shape index (κ1) is 39.2. The number of nitrogens with one attached hydrogen (secondary N) is 2. The number of nitrogens with zero attached hydrogens (tertiary/aromatic N) is 8. The van der Waals surface area contributed by atoms with Gasteiger partial charge in [0, 0.05) is 98.6 Å². The first-order valence-corrected chi connectivity index (χ1v) is 20.2. The lowest BCUT2D eigenvalue weighted by Gasteiger charge is -2.63. The minimum absolute atomic E-state index is 0.176. The van der Waals surface area contributed by atoms with Gasteiger partial charge in [-0.15, -0.1) is 0 Å². The van der Waals surface area contributed by atoms with Crippen LogP contribution in [0, 0.1) is 28.1 Å². The molecule has 1 aliphatic carbocycles. The molecule has 15 nitrogen and oxygen atoms in total. The van der Waals surface area contributed by atoms with Crippen LogP contribution >= 0.6 is 11.6 Å². The number of aromatic nitrogens is 4. The van der Waals surface area contributed by atoms with Crippen LogP contribution in [0.2, 0.25) is 5.02 Å². The van der Waals surface area contributed by atoms with Crippen LogP contribution in [0.25, 0.3) is 10.8 Å². The van der Waals surface area contributed by atoms with Gasteiger partial charge in [-0.3, -0.25) is 29.4 Å². The Morgan fingerprint density at radius 1 is 0.966 bits per heavy atom. The lowest BCUT2D eigenvalue weighted by molar-refractivity contribution is -0.164. The normalized spacial score (nSPS) is 24.2. The fraction of sp³-hybridized carbons (Fsp3) is 0.476. The summed E-state index contributed by atoms with van der Waals surface area (Å²) >= 11 is 6.24. The summed E-state index contributed by atoms with van der Waals surface area (Å²) in [5, 5.41) is 20.6. The Labute approximate surface area is 341 Å². The molecule has 3 saturated heterocycles. The molecule has 8 rings (SSSR count). The summed E-state index contributed by atoms with van der Waals surface area (Å²) in [5.74, 6) is 0.610. The van der Waals surface area contributed by atoms with Crippen LogP contribution in [0.15, 0.2) is 59.8 Å². The van der Waals surface area contributed by atoms with E-state index in [0.29, 0.717) is 44.5 Å². The van der Waals surface area contributed by atoms with E-state index in [0.717, 1.165) is 57.9 Å². The Bertz CT molecular complexity index is 2350. The van der Waals surface area contributed by atoms with Crippen LogP contribution in [-0.4, -0.2) is 100 Å². The Balaban J connectivity index is 0.812. The van der Waals surface area contributed by atoms with E-state index >= 15 is 0 Å². The van der Waals surface area contributed by atoms with Crippen LogP contribution in [-0.2, 0) is 9.59 Å². The molecule has 2 aromatic heterocycles. The van der Waals surface area contributed by atoms with Gasteiger partial charge in [0.2, 0.25) is 11.9 Å². The number of hydrogen-bond donors (Lipinski definition) is 2. The molecule has 2 aromatic carbocycles. The topological polar surface area (TPSA) is 179 Å². The van der Waals surface area contributed by atoms with Crippen molar-refractivity contribution in [1.82, 2.24) is 35.3 Å². The molecule has 4 fully saturated rings. The highest BCUT2D eigenvalue weighted by Gasteiger charge is 2.64. The Kier molecular flexibility index (Phi) is 10.4. The smallest absolute Gasteiger partial charge is 0.275 e. The van der Waals surface area contributed by atoms with Crippen molar-refractivity contribution >= 4 is 51.7 Å². The third-order valence-corrected chi connectivity index (χ3v) is 12.8. The van der Waals surface area contributed by atoms with E-state index in [1.165, 1.54) is 4.68 Å². The van der Waals surface area contributed by atoms with Crippen molar-refractivity contribution in [1.29, 1.82) is 5.26 Å². The van der Waals surface area contributed by atoms with E-state index in [1.807, 2.05) is 12.1 Å². The number of carbonyl (C=O) groups is 3. The van der Waals surface area contributed by atoms with Crippen LogP contribution in [0.4, 0.5) is 11.6 Å². The van der Waals surface area contributed by atoms with Gasteiger partial charge in [-0.2, -0.15) is 10.4 Å². The Morgan fingerprint density at radius 3 is 2.40 bits per heavy atom. The maximum absolute atomic E-state index is 13.4. The number of hydrogen-bond acceptors (Lipinski definition) is 12. The van der Waals surface area contributed by atoms with Crippen molar-refractivity contribution in [2.24, 2.45) is 16.7 Å². The molecule has 0 spiro atoms. The summed E-state index contributed by atoms with van der Waals surface area (Å²) in [6.07, 6.45) is 6.08. The number of imide groups is 1. The van der Waals surface area contributed by atoms with Crippen molar-refractivity contribution in [3.63, 3.8) is 0 Å². The second-order valence-electron chi connectivity index (χ2n) is 17.1. The van der Waals surface area contributed by atoms with Gasteiger partial charge in [-0.05, 0) is 49.1 Å². The number of halogens is 1. The highest BCUT2D eigenvalue weighted by Crippen LogP contribution is 2.55. The van der Waals surface area contributed by atoms with E-state index in [2.05, 4.69) is 74.2 Å². The summed E-state index contributed by atoms with van der Waals surface area (Å²) in [6, 6.07) is 11.9. The van der Waals surface area contributed by atoms with Crippen molar-refractivity contribution in [2.75, 3.05) is 55.6 Å². The Hall–Kier alpha value is -5.59. The summed E-state index contributed by atoms with van der Waals surface area (Å²) in [5.41, 5.74) is 0.702. The molecule has 5 heterocycles. The van der Waals surface area contributed by atoms with Crippen LogP contribution in [0.3, 0.4) is 0 Å². The van der Waals surface area contributed by atoms with Gasteiger partial charge in [0.05, 0.1) is 27.7 Å². The van der Waals surface area contributed by atoms with E-state index in [9.17, 15) is 24.4 Å². The zero-order valence-electron chi connectivity index (χ0n) is 33.1. The monoisotopic (exact) mass is 806 g/mol. The summed E-state index contributed by atoms with van der Waals surface area (Å²) in [7, 11) is 0. The molecule has 3 amide bonds. The molecule has 3 aliphatic heterocycles. The molecular formula is C42H47ClN10O5. The second kappa shape index (κ2) is 15.3. The average Bonchev–Trinajstić information content (AvgIpc) is 3.68. The van der Waals surface area contributed by atoms with Crippen molar-refractivity contribution in [3.8, 4) is 11.8 Å². The van der Waals surface area contributed by atoms with Crippen molar-refractivity contribution < 1.29 is 19.1 Å². The van der Waals surface area contributed by atoms with Gasteiger partial charge < -0.3 is 19.9 Å². The first-order valence-electron chi connectivity index (χ1n) is 19.8. The SMILES string of the molecule is CC1(C)C(NC(=O)c2cnc(N3CCC(CN4CCN(c5ccc6c(=O)n([C@H]7CCC(=O)NC7=O)ncc6c5)CC4)C3)nc2)C(C)(C)C1Oc1ccc(C#N)c(Cl)c1.